The molecule has 0 bridgehead atoms. The summed E-state index contributed by atoms with van der Waals surface area (Å²) < 4.78 is 57.1. The number of carbonyl (C=O) groups excluding carboxylic acids is 1. The second kappa shape index (κ2) is 9.55. The van der Waals surface area contributed by atoms with Crippen LogP contribution in [0.2, 0.25) is 5.02 Å². The number of benzene rings is 2. The number of alkyl halides is 3. The van der Waals surface area contributed by atoms with Crippen LogP contribution in [-0.4, -0.2) is 39.8 Å². The Balaban J connectivity index is 1.43. The molecule has 2 aliphatic rings. The monoisotopic (exact) mass is 535 g/mol. The second-order valence-corrected chi connectivity index (χ2v) is 9.88. The molecular formula is C26H26ClF4N5O. The first-order valence-electron chi connectivity index (χ1n) is 12.0. The van der Waals surface area contributed by atoms with Crippen LogP contribution in [0.4, 0.5) is 33.9 Å². The molecular weight excluding hydrogens is 510 g/mol. The molecule has 0 spiro atoms. The Morgan fingerprint density at radius 1 is 1.08 bits per heavy atom. The first-order valence-corrected chi connectivity index (χ1v) is 12.4. The van der Waals surface area contributed by atoms with Gasteiger partial charge in [0.1, 0.15) is 5.82 Å². The number of carbonyl (C=O) groups is 1. The van der Waals surface area contributed by atoms with Gasteiger partial charge in [0, 0.05) is 37.9 Å². The molecule has 1 fully saturated rings. The van der Waals surface area contributed by atoms with Crippen molar-refractivity contribution >= 4 is 29.1 Å². The van der Waals surface area contributed by atoms with Crippen LogP contribution in [-0.2, 0) is 19.8 Å². The number of nitrogens with zero attached hydrogens (tertiary/aromatic N) is 5. The van der Waals surface area contributed by atoms with Crippen molar-refractivity contribution in [1.82, 2.24) is 14.7 Å². The third-order valence-corrected chi connectivity index (χ3v) is 7.48. The average molecular weight is 536 g/mol. The van der Waals surface area contributed by atoms with Crippen molar-refractivity contribution in [2.45, 2.75) is 44.6 Å². The zero-order chi connectivity index (χ0) is 26.5. The molecule has 1 aromatic heterocycles. The summed E-state index contributed by atoms with van der Waals surface area (Å²) >= 11 is 6.25. The van der Waals surface area contributed by atoms with E-state index in [1.807, 2.05) is 11.8 Å². The molecule has 2 amide bonds. The zero-order valence-corrected chi connectivity index (χ0v) is 21.1. The summed E-state index contributed by atoms with van der Waals surface area (Å²) in [6.07, 6.45) is -1.63. The molecule has 0 radical (unpaired) electrons. The summed E-state index contributed by atoms with van der Waals surface area (Å²) in [4.78, 5) is 18.8. The van der Waals surface area contributed by atoms with Crippen molar-refractivity contribution in [2.24, 2.45) is 7.05 Å². The van der Waals surface area contributed by atoms with Crippen molar-refractivity contribution in [1.29, 1.82) is 0 Å². The molecule has 1 saturated heterocycles. The van der Waals surface area contributed by atoms with Crippen molar-refractivity contribution in [2.75, 3.05) is 22.9 Å². The highest BCUT2D eigenvalue weighted by molar-refractivity contribution is 6.33. The SMILES string of the molecule is CC1c2cn(C)nc2N(Cc2ccccc2C(F)(F)F)C(=O)N1C1CCN(c2c(F)cccc2Cl)CC1. The Labute approximate surface area is 217 Å². The Hall–Kier alpha value is -3.27. The van der Waals surface area contributed by atoms with Gasteiger partial charge in [-0.25, -0.2) is 9.18 Å². The molecule has 6 nitrogen and oxygen atoms in total. The second-order valence-electron chi connectivity index (χ2n) is 9.48. The van der Waals surface area contributed by atoms with Crippen molar-refractivity contribution in [3.8, 4) is 0 Å². The van der Waals surface area contributed by atoms with E-state index in [1.54, 1.807) is 35.0 Å². The van der Waals surface area contributed by atoms with Gasteiger partial charge < -0.3 is 9.80 Å². The lowest BCUT2D eigenvalue weighted by atomic mass is 9.97. The largest absolute Gasteiger partial charge is 0.416 e. The minimum atomic E-state index is -4.55. The van der Waals surface area contributed by atoms with E-state index in [-0.39, 0.29) is 24.2 Å². The first-order chi connectivity index (χ1) is 17.6. The lowest BCUT2D eigenvalue weighted by Crippen LogP contribution is -2.55. The molecule has 1 atom stereocenters. The van der Waals surface area contributed by atoms with Gasteiger partial charge in [-0.05, 0) is 43.5 Å². The lowest BCUT2D eigenvalue weighted by molar-refractivity contribution is -0.138. The minimum Gasteiger partial charge on any atom is -0.368 e. The normalized spacial score (nSPS) is 18.9. The number of anilines is 2. The maximum absolute atomic E-state index is 14.5. The number of piperidine rings is 1. The summed E-state index contributed by atoms with van der Waals surface area (Å²) in [5.74, 6) is -0.0355. The fourth-order valence-electron chi connectivity index (χ4n) is 5.42. The highest BCUT2D eigenvalue weighted by Crippen LogP contribution is 2.41. The quantitative estimate of drug-likeness (QED) is 0.363. The molecule has 0 aliphatic carbocycles. The highest BCUT2D eigenvalue weighted by atomic mass is 35.5. The molecule has 37 heavy (non-hydrogen) atoms. The number of hydrogen-bond donors (Lipinski definition) is 0. The highest BCUT2D eigenvalue weighted by Gasteiger charge is 2.43. The van der Waals surface area contributed by atoms with Crippen molar-refractivity contribution in [3.05, 3.63) is 76.2 Å². The molecule has 196 valence electrons. The molecule has 3 aromatic rings. The predicted octanol–water partition coefficient (Wildman–Crippen LogP) is 6.40. The van der Waals surface area contributed by atoms with Crippen molar-refractivity contribution < 1.29 is 22.4 Å². The van der Waals surface area contributed by atoms with E-state index in [2.05, 4.69) is 5.10 Å². The Morgan fingerprint density at radius 3 is 2.46 bits per heavy atom. The zero-order valence-electron chi connectivity index (χ0n) is 20.3. The molecule has 0 N–H and O–H groups in total. The number of fused-ring (bicyclic) bond motifs is 1. The van der Waals surface area contributed by atoms with Crippen LogP contribution < -0.4 is 9.80 Å². The summed E-state index contributed by atoms with van der Waals surface area (Å²) in [7, 11) is 1.72. The van der Waals surface area contributed by atoms with Gasteiger partial charge in [-0.2, -0.15) is 18.3 Å². The number of hydrogen-bond acceptors (Lipinski definition) is 3. The molecule has 2 aliphatic heterocycles. The Morgan fingerprint density at radius 2 is 1.78 bits per heavy atom. The van der Waals surface area contributed by atoms with Crippen LogP contribution in [0.1, 0.15) is 42.5 Å². The van der Waals surface area contributed by atoms with E-state index in [1.165, 1.54) is 29.2 Å². The number of rotatable bonds is 4. The third kappa shape index (κ3) is 4.63. The number of para-hydroxylation sites is 1. The fraction of sp³-hybridized carbons (Fsp3) is 0.385. The van der Waals surface area contributed by atoms with E-state index in [0.29, 0.717) is 42.5 Å². The van der Waals surface area contributed by atoms with Crippen LogP contribution >= 0.6 is 11.6 Å². The van der Waals surface area contributed by atoms with Crippen LogP contribution in [0.5, 0.6) is 0 Å². The minimum absolute atomic E-state index is 0.00142. The average Bonchev–Trinajstić information content (AvgIpc) is 3.24. The molecule has 2 aromatic carbocycles. The van der Waals surface area contributed by atoms with Gasteiger partial charge in [0.25, 0.3) is 0 Å². The number of urea groups is 1. The summed E-state index contributed by atoms with van der Waals surface area (Å²) in [5.41, 5.74) is 0.339. The number of amides is 2. The molecule has 0 saturated carbocycles. The number of halogens is 5. The van der Waals surface area contributed by atoms with E-state index in [0.717, 1.165) is 11.6 Å². The van der Waals surface area contributed by atoms with Crippen LogP contribution in [0.15, 0.2) is 48.7 Å². The lowest BCUT2D eigenvalue weighted by Gasteiger charge is -2.46. The maximum atomic E-state index is 14.5. The van der Waals surface area contributed by atoms with Gasteiger partial charge in [-0.3, -0.25) is 9.58 Å². The van der Waals surface area contributed by atoms with E-state index in [4.69, 9.17) is 11.6 Å². The molecule has 11 heteroatoms. The van der Waals surface area contributed by atoms with Gasteiger partial charge in [-0.15, -0.1) is 0 Å². The number of aryl methyl sites for hydroxylation is 1. The van der Waals surface area contributed by atoms with Gasteiger partial charge in [0.2, 0.25) is 0 Å². The fourth-order valence-corrected chi connectivity index (χ4v) is 5.71. The van der Waals surface area contributed by atoms with E-state index < -0.39 is 23.6 Å². The Bertz CT molecular complexity index is 1300. The Kier molecular flexibility index (Phi) is 6.55. The third-order valence-electron chi connectivity index (χ3n) is 7.17. The van der Waals surface area contributed by atoms with E-state index in [9.17, 15) is 22.4 Å². The van der Waals surface area contributed by atoms with Gasteiger partial charge >= 0.3 is 12.2 Å². The predicted molar refractivity (Wildman–Crippen MR) is 133 cm³/mol. The van der Waals surface area contributed by atoms with Gasteiger partial charge in [0.05, 0.1) is 28.9 Å². The standard InChI is InChI=1S/C26H26ClF4N5O/c1-16-19-15-33(2)32-24(19)35(14-17-6-3-4-7-20(17)26(29,30)31)25(37)36(16)18-10-12-34(13-11-18)23-21(27)8-5-9-22(23)28/h3-9,15-16,18H,10-14H2,1-2H3. The van der Waals surface area contributed by atoms with Gasteiger partial charge in [0.15, 0.2) is 5.82 Å². The molecule has 5 rings (SSSR count). The summed E-state index contributed by atoms with van der Waals surface area (Å²) in [6.45, 7) is 2.61. The summed E-state index contributed by atoms with van der Waals surface area (Å²) in [6, 6.07) is 8.94. The summed E-state index contributed by atoms with van der Waals surface area (Å²) in [5, 5.41) is 4.75. The first kappa shape index (κ1) is 25.4. The van der Waals surface area contributed by atoms with Crippen LogP contribution in [0, 0.1) is 5.82 Å². The topological polar surface area (TPSA) is 44.6 Å². The molecule has 3 heterocycles. The number of aromatic nitrogens is 2. The smallest absolute Gasteiger partial charge is 0.368 e. The van der Waals surface area contributed by atoms with Crippen molar-refractivity contribution in [3.63, 3.8) is 0 Å². The van der Waals surface area contributed by atoms with Crippen LogP contribution in [0.3, 0.4) is 0 Å². The molecule has 1 unspecified atom stereocenters. The van der Waals surface area contributed by atoms with E-state index >= 15 is 0 Å². The maximum Gasteiger partial charge on any atom is 0.416 e. The van der Waals surface area contributed by atoms with Crippen LogP contribution in [0.25, 0.3) is 0 Å². The van der Waals surface area contributed by atoms with Gasteiger partial charge in [-0.1, -0.05) is 35.9 Å².